The highest BCUT2D eigenvalue weighted by Crippen LogP contribution is 2.36. The Kier molecular flexibility index (Phi) is 6.64. The summed E-state index contributed by atoms with van der Waals surface area (Å²) in [6, 6.07) is 7.87. The van der Waals surface area contributed by atoms with Crippen molar-refractivity contribution in [1.29, 1.82) is 0 Å². The number of hydrogen-bond acceptors (Lipinski definition) is 2. The van der Waals surface area contributed by atoms with Crippen LogP contribution in [0, 0.1) is 35.2 Å². The second-order valence-corrected chi connectivity index (χ2v) is 7.00. The van der Waals surface area contributed by atoms with Crippen LogP contribution >= 0.6 is 0 Å². The van der Waals surface area contributed by atoms with Gasteiger partial charge in [-0.3, -0.25) is 0 Å². The van der Waals surface area contributed by atoms with Crippen LogP contribution in [0.2, 0.25) is 0 Å². The van der Waals surface area contributed by atoms with Crippen molar-refractivity contribution in [2.45, 2.75) is 45.1 Å². The third-order valence-corrected chi connectivity index (χ3v) is 5.20. The number of benzene rings is 2. The summed E-state index contributed by atoms with van der Waals surface area (Å²) in [6.07, 6.45) is 3.39. The molecule has 2 aromatic rings. The van der Waals surface area contributed by atoms with Gasteiger partial charge in [0.1, 0.15) is 0 Å². The van der Waals surface area contributed by atoms with E-state index in [1.807, 2.05) is 13.0 Å². The van der Waals surface area contributed by atoms with E-state index in [1.165, 1.54) is 12.1 Å². The zero-order chi connectivity index (χ0) is 20.1. The summed E-state index contributed by atoms with van der Waals surface area (Å²) in [7, 11) is 0. The molecule has 148 valence electrons. The van der Waals surface area contributed by atoms with Crippen LogP contribution < -0.4 is 4.74 Å². The molecule has 1 aliphatic carbocycles. The normalized spacial score (nSPS) is 19.0. The lowest BCUT2D eigenvalue weighted by Gasteiger charge is -2.26. The Balaban J connectivity index is 1.63. The first-order valence-corrected chi connectivity index (χ1v) is 9.55. The van der Waals surface area contributed by atoms with E-state index < -0.39 is 18.2 Å². The molecule has 2 nitrogen and oxygen atoms in total. The SMILES string of the molecule is CCOc1ccc(C2CCC(C#Cc3ccc(CO)c(F)c3F)CC2)cc1F. The highest BCUT2D eigenvalue weighted by atomic mass is 19.2. The summed E-state index contributed by atoms with van der Waals surface area (Å²) >= 11 is 0. The third-order valence-electron chi connectivity index (χ3n) is 5.20. The highest BCUT2D eigenvalue weighted by molar-refractivity contribution is 5.39. The summed E-state index contributed by atoms with van der Waals surface area (Å²) < 4.78 is 47.0. The van der Waals surface area contributed by atoms with Gasteiger partial charge in [0, 0.05) is 11.5 Å². The maximum atomic E-state index is 14.1. The Morgan fingerprint density at radius 2 is 1.79 bits per heavy atom. The maximum Gasteiger partial charge on any atom is 0.174 e. The van der Waals surface area contributed by atoms with Gasteiger partial charge in [-0.25, -0.2) is 13.2 Å². The number of aliphatic hydroxyl groups excluding tert-OH is 1. The standard InChI is InChI=1S/C23H23F3O2/c1-2-28-21-12-11-18(13-20(21)24)16-6-3-15(4-7-16)5-8-17-9-10-19(14-27)23(26)22(17)25/h9-13,15-16,27H,2-4,6-7,14H2,1H3. The van der Waals surface area contributed by atoms with Gasteiger partial charge in [0.25, 0.3) is 0 Å². The fourth-order valence-corrected chi connectivity index (χ4v) is 3.60. The summed E-state index contributed by atoms with van der Waals surface area (Å²) in [5.41, 5.74) is 0.886. The van der Waals surface area contributed by atoms with E-state index in [9.17, 15) is 13.2 Å². The van der Waals surface area contributed by atoms with Gasteiger partial charge >= 0.3 is 0 Å². The van der Waals surface area contributed by atoms with E-state index in [0.29, 0.717) is 6.61 Å². The van der Waals surface area contributed by atoms with Crippen LogP contribution in [-0.2, 0) is 6.61 Å². The second kappa shape index (κ2) is 9.16. The van der Waals surface area contributed by atoms with E-state index in [4.69, 9.17) is 9.84 Å². The zero-order valence-electron chi connectivity index (χ0n) is 15.8. The molecule has 2 aromatic carbocycles. The number of ether oxygens (including phenoxy) is 1. The Bertz CT molecular complexity index is 891. The van der Waals surface area contributed by atoms with Crippen molar-refractivity contribution in [3.8, 4) is 17.6 Å². The highest BCUT2D eigenvalue weighted by Gasteiger charge is 2.22. The summed E-state index contributed by atoms with van der Waals surface area (Å²) in [5, 5.41) is 8.97. The Morgan fingerprint density at radius 1 is 1.04 bits per heavy atom. The van der Waals surface area contributed by atoms with Gasteiger partial charge in [-0.2, -0.15) is 0 Å². The molecule has 0 aliphatic heterocycles. The van der Waals surface area contributed by atoms with Gasteiger partial charge in [-0.15, -0.1) is 0 Å². The number of rotatable bonds is 4. The van der Waals surface area contributed by atoms with Gasteiger partial charge in [0.05, 0.1) is 18.8 Å². The van der Waals surface area contributed by atoms with Crippen molar-refractivity contribution in [3.05, 3.63) is 64.5 Å². The van der Waals surface area contributed by atoms with Gasteiger partial charge in [0.15, 0.2) is 23.2 Å². The predicted molar refractivity (Wildman–Crippen MR) is 101 cm³/mol. The molecule has 1 N–H and O–H groups in total. The van der Waals surface area contributed by atoms with Crippen LogP contribution in [0.4, 0.5) is 13.2 Å². The van der Waals surface area contributed by atoms with E-state index >= 15 is 0 Å². The molecular weight excluding hydrogens is 365 g/mol. The van der Waals surface area contributed by atoms with Crippen molar-refractivity contribution in [1.82, 2.24) is 0 Å². The molecule has 0 saturated heterocycles. The van der Waals surface area contributed by atoms with Crippen molar-refractivity contribution in [3.63, 3.8) is 0 Å². The topological polar surface area (TPSA) is 29.5 Å². The lowest BCUT2D eigenvalue weighted by atomic mass is 9.79. The Hall–Kier alpha value is -2.45. The first kappa shape index (κ1) is 20.3. The lowest BCUT2D eigenvalue weighted by Crippen LogP contribution is -2.12. The predicted octanol–water partition coefficient (Wildman–Crippen LogP) is 5.32. The fourth-order valence-electron chi connectivity index (χ4n) is 3.60. The number of hydrogen-bond donors (Lipinski definition) is 1. The van der Waals surface area contributed by atoms with Gasteiger partial charge in [0.2, 0.25) is 0 Å². The second-order valence-electron chi connectivity index (χ2n) is 7.00. The molecular formula is C23H23F3O2. The van der Waals surface area contributed by atoms with Crippen LogP contribution in [0.5, 0.6) is 5.75 Å². The van der Waals surface area contributed by atoms with E-state index in [0.717, 1.165) is 31.2 Å². The minimum absolute atomic E-state index is 0.00501. The largest absolute Gasteiger partial charge is 0.491 e. The molecule has 0 spiro atoms. The molecule has 0 amide bonds. The van der Waals surface area contributed by atoms with E-state index in [2.05, 4.69) is 11.8 Å². The van der Waals surface area contributed by atoms with Crippen molar-refractivity contribution < 1.29 is 23.0 Å². The number of aliphatic hydroxyl groups is 1. The van der Waals surface area contributed by atoms with Gasteiger partial charge in [-0.1, -0.05) is 24.0 Å². The molecule has 1 saturated carbocycles. The quantitative estimate of drug-likeness (QED) is 0.719. The molecule has 0 unspecified atom stereocenters. The minimum Gasteiger partial charge on any atom is -0.491 e. The van der Waals surface area contributed by atoms with Gasteiger partial charge in [-0.05, 0) is 62.3 Å². The molecule has 0 atom stereocenters. The molecule has 0 heterocycles. The van der Waals surface area contributed by atoms with Crippen LogP contribution in [-0.4, -0.2) is 11.7 Å². The van der Waals surface area contributed by atoms with Crippen LogP contribution in [0.25, 0.3) is 0 Å². The van der Waals surface area contributed by atoms with Crippen LogP contribution in [0.3, 0.4) is 0 Å². The molecule has 1 fully saturated rings. The summed E-state index contributed by atoms with van der Waals surface area (Å²) in [6.45, 7) is 1.69. The van der Waals surface area contributed by atoms with Crippen molar-refractivity contribution in [2.24, 2.45) is 5.92 Å². The molecule has 1 aliphatic rings. The van der Waals surface area contributed by atoms with Crippen LogP contribution in [0.1, 0.15) is 55.2 Å². The fraction of sp³-hybridized carbons (Fsp3) is 0.391. The minimum atomic E-state index is -1.05. The van der Waals surface area contributed by atoms with E-state index in [-0.39, 0.29) is 34.5 Å². The van der Waals surface area contributed by atoms with E-state index in [1.54, 1.807) is 12.1 Å². The monoisotopic (exact) mass is 388 g/mol. The molecule has 5 heteroatoms. The maximum absolute atomic E-state index is 14.1. The average molecular weight is 388 g/mol. The third kappa shape index (κ3) is 4.51. The summed E-state index contributed by atoms with van der Waals surface area (Å²) in [5.74, 6) is 4.01. The molecule has 0 aromatic heterocycles. The Morgan fingerprint density at radius 3 is 2.43 bits per heavy atom. The number of halogens is 3. The lowest BCUT2D eigenvalue weighted by molar-refractivity contribution is 0.273. The Labute approximate surface area is 163 Å². The molecule has 28 heavy (non-hydrogen) atoms. The van der Waals surface area contributed by atoms with Gasteiger partial charge < -0.3 is 9.84 Å². The summed E-state index contributed by atoms with van der Waals surface area (Å²) in [4.78, 5) is 0. The van der Waals surface area contributed by atoms with Crippen molar-refractivity contribution >= 4 is 0 Å². The molecule has 0 bridgehead atoms. The average Bonchev–Trinajstić information content (AvgIpc) is 2.71. The first-order chi connectivity index (χ1) is 13.5. The molecule has 3 rings (SSSR count). The van der Waals surface area contributed by atoms with Crippen molar-refractivity contribution in [2.75, 3.05) is 6.61 Å². The smallest absolute Gasteiger partial charge is 0.174 e. The molecule has 0 radical (unpaired) electrons. The van der Waals surface area contributed by atoms with Crippen LogP contribution in [0.15, 0.2) is 30.3 Å². The zero-order valence-corrected chi connectivity index (χ0v) is 15.8. The first-order valence-electron chi connectivity index (χ1n) is 9.55.